The minimum atomic E-state index is -0.155. The Labute approximate surface area is 154 Å². The second-order valence-electron chi connectivity index (χ2n) is 6.54. The largest absolute Gasteiger partial charge is 0.359 e. The van der Waals surface area contributed by atoms with Gasteiger partial charge in [-0.2, -0.15) is 0 Å². The molecule has 0 aliphatic rings. The first kappa shape index (κ1) is 19.8. The van der Waals surface area contributed by atoms with E-state index in [0.717, 1.165) is 36.2 Å². The number of rotatable bonds is 8. The van der Waals surface area contributed by atoms with Crippen LogP contribution in [-0.4, -0.2) is 61.6 Å². The fourth-order valence-corrected chi connectivity index (χ4v) is 2.58. The van der Waals surface area contributed by atoms with Crippen molar-refractivity contribution in [1.29, 1.82) is 0 Å². The Morgan fingerprint density at radius 3 is 2.73 bits per heavy atom. The summed E-state index contributed by atoms with van der Waals surface area (Å²) < 4.78 is 0. The highest BCUT2D eigenvalue weighted by molar-refractivity contribution is 6.01. The molecule has 2 rings (SSSR count). The maximum Gasteiger partial charge on any atom is 0.248 e. The molecule has 26 heavy (non-hydrogen) atoms. The molecule has 0 atom stereocenters. The number of carbonyl (C=O) groups is 1. The van der Waals surface area contributed by atoms with Gasteiger partial charge in [0.2, 0.25) is 5.91 Å². The number of aromatic nitrogens is 2. The van der Waals surface area contributed by atoms with Crippen LogP contribution >= 0.6 is 0 Å². The first-order valence-electron chi connectivity index (χ1n) is 8.72. The Bertz CT molecular complexity index is 787. The highest BCUT2D eigenvalue weighted by Crippen LogP contribution is 2.26. The first-order chi connectivity index (χ1) is 12.4. The Balaban J connectivity index is 2.22. The Hall–Kier alpha value is -2.51. The molecule has 0 radical (unpaired) electrons. The molecule has 0 spiro atoms. The minimum Gasteiger partial charge on any atom is -0.359 e. The summed E-state index contributed by atoms with van der Waals surface area (Å²) in [5, 5.41) is 3.83. The van der Waals surface area contributed by atoms with Crippen molar-refractivity contribution in [3.63, 3.8) is 0 Å². The zero-order valence-electron chi connectivity index (χ0n) is 16.0. The lowest BCUT2D eigenvalue weighted by Crippen LogP contribution is -2.22. The minimum absolute atomic E-state index is 0.155. The molecule has 0 unspecified atom stereocenters. The van der Waals surface area contributed by atoms with Crippen LogP contribution < -0.4 is 16.0 Å². The normalized spacial score (nSPS) is 11.5. The molecule has 140 valence electrons. The smallest absolute Gasteiger partial charge is 0.248 e. The summed E-state index contributed by atoms with van der Waals surface area (Å²) in [6.45, 7) is 4.06. The third kappa shape index (κ3) is 5.50. The van der Waals surface area contributed by atoms with Crippen molar-refractivity contribution < 1.29 is 4.79 Å². The molecule has 7 nitrogen and oxygen atoms in total. The molecular formula is C19H28N6O. The second kappa shape index (κ2) is 9.26. The van der Waals surface area contributed by atoms with E-state index in [0.29, 0.717) is 18.1 Å². The number of fused-ring (bicyclic) bond motifs is 1. The van der Waals surface area contributed by atoms with E-state index in [1.807, 2.05) is 57.2 Å². The van der Waals surface area contributed by atoms with Crippen molar-refractivity contribution in [2.24, 2.45) is 5.73 Å². The number of aryl methyl sites for hydroxylation is 1. The number of benzene rings is 1. The van der Waals surface area contributed by atoms with E-state index in [1.165, 1.54) is 0 Å². The summed E-state index contributed by atoms with van der Waals surface area (Å²) in [4.78, 5) is 25.2. The summed E-state index contributed by atoms with van der Waals surface area (Å²) in [6, 6.07) is 5.70. The summed E-state index contributed by atoms with van der Waals surface area (Å²) in [7, 11) is 5.91. The van der Waals surface area contributed by atoms with Crippen molar-refractivity contribution in [2.75, 3.05) is 51.0 Å². The molecule has 2 aromatic rings. The van der Waals surface area contributed by atoms with E-state index >= 15 is 0 Å². The molecule has 1 amide bonds. The number of nitrogens with two attached hydrogens (primary N) is 1. The maximum absolute atomic E-state index is 12.0. The van der Waals surface area contributed by atoms with Crippen molar-refractivity contribution >= 4 is 28.3 Å². The van der Waals surface area contributed by atoms with E-state index in [-0.39, 0.29) is 5.91 Å². The van der Waals surface area contributed by atoms with Crippen LogP contribution in [0.25, 0.3) is 10.9 Å². The predicted molar refractivity (Wildman–Crippen MR) is 108 cm³/mol. The number of carbonyl (C=O) groups excluding carboxylic acids is 1. The van der Waals surface area contributed by atoms with Crippen LogP contribution in [0.5, 0.6) is 0 Å². The first-order valence-corrected chi connectivity index (χ1v) is 8.72. The molecule has 1 heterocycles. The molecule has 0 aliphatic carbocycles. The number of likely N-dealkylation sites (N-methyl/N-ethyl adjacent to an activating group) is 1. The number of anilines is 2. The van der Waals surface area contributed by atoms with E-state index < -0.39 is 0 Å². The van der Waals surface area contributed by atoms with E-state index in [4.69, 9.17) is 5.73 Å². The van der Waals surface area contributed by atoms with Crippen LogP contribution in [0.3, 0.4) is 0 Å². The maximum atomic E-state index is 12.0. The number of amides is 1. The van der Waals surface area contributed by atoms with Crippen LogP contribution in [0, 0.1) is 6.92 Å². The Morgan fingerprint density at radius 2 is 2.04 bits per heavy atom. The highest BCUT2D eigenvalue weighted by atomic mass is 16.1. The average molecular weight is 356 g/mol. The van der Waals surface area contributed by atoms with Crippen LogP contribution in [-0.2, 0) is 4.79 Å². The van der Waals surface area contributed by atoms with Crippen LogP contribution in [0.1, 0.15) is 12.2 Å². The fourth-order valence-electron chi connectivity index (χ4n) is 2.58. The van der Waals surface area contributed by atoms with Gasteiger partial charge in [-0.25, -0.2) is 9.97 Å². The molecule has 0 fully saturated rings. The summed E-state index contributed by atoms with van der Waals surface area (Å²) in [5.74, 6) is 1.42. The van der Waals surface area contributed by atoms with Crippen molar-refractivity contribution in [3.8, 4) is 0 Å². The quantitative estimate of drug-likeness (QED) is 0.701. The molecule has 0 saturated carbocycles. The lowest BCUT2D eigenvalue weighted by Gasteiger charge is -2.20. The van der Waals surface area contributed by atoms with Crippen LogP contribution in [0.2, 0.25) is 0 Å². The van der Waals surface area contributed by atoms with Gasteiger partial charge in [-0.05, 0) is 52.2 Å². The molecule has 0 aliphatic heterocycles. The van der Waals surface area contributed by atoms with Gasteiger partial charge in [-0.3, -0.25) is 4.79 Å². The molecule has 1 aromatic carbocycles. The summed E-state index contributed by atoms with van der Waals surface area (Å²) >= 11 is 0. The van der Waals surface area contributed by atoms with Gasteiger partial charge < -0.3 is 20.9 Å². The number of hydrogen-bond donors (Lipinski definition) is 2. The SMILES string of the molecule is Cc1nc(N(C)CCCN)c2ccc(NC(=O)/C=C/CN(C)C)cc2n1. The molecule has 0 bridgehead atoms. The van der Waals surface area contributed by atoms with Crippen molar-refractivity contribution in [2.45, 2.75) is 13.3 Å². The zero-order valence-corrected chi connectivity index (χ0v) is 16.0. The lowest BCUT2D eigenvalue weighted by molar-refractivity contribution is -0.111. The summed E-state index contributed by atoms with van der Waals surface area (Å²) in [5.41, 5.74) is 7.13. The highest BCUT2D eigenvalue weighted by Gasteiger charge is 2.11. The number of nitrogens with one attached hydrogen (secondary N) is 1. The topological polar surface area (TPSA) is 87.4 Å². The average Bonchev–Trinajstić information content (AvgIpc) is 2.58. The molecule has 1 aromatic heterocycles. The van der Waals surface area contributed by atoms with E-state index in [2.05, 4.69) is 20.2 Å². The predicted octanol–water partition coefficient (Wildman–Crippen LogP) is 1.78. The third-order valence-electron chi connectivity index (χ3n) is 3.86. The van der Waals surface area contributed by atoms with Crippen LogP contribution in [0.4, 0.5) is 11.5 Å². The van der Waals surface area contributed by atoms with E-state index in [1.54, 1.807) is 6.08 Å². The molecule has 3 N–H and O–H groups in total. The number of nitrogens with zero attached hydrogens (tertiary/aromatic N) is 4. The van der Waals surface area contributed by atoms with Gasteiger partial charge in [-0.1, -0.05) is 6.08 Å². The fraction of sp³-hybridized carbons (Fsp3) is 0.421. The molecule has 7 heteroatoms. The molecular weight excluding hydrogens is 328 g/mol. The van der Waals surface area contributed by atoms with Gasteiger partial charge >= 0.3 is 0 Å². The Morgan fingerprint density at radius 1 is 1.27 bits per heavy atom. The summed E-state index contributed by atoms with van der Waals surface area (Å²) in [6.07, 6.45) is 4.27. The van der Waals surface area contributed by atoms with Gasteiger partial charge in [0.05, 0.1) is 5.52 Å². The van der Waals surface area contributed by atoms with Gasteiger partial charge in [0, 0.05) is 37.3 Å². The number of hydrogen-bond acceptors (Lipinski definition) is 6. The van der Waals surface area contributed by atoms with Crippen LogP contribution in [0.15, 0.2) is 30.4 Å². The second-order valence-corrected chi connectivity index (χ2v) is 6.54. The third-order valence-corrected chi connectivity index (χ3v) is 3.86. The lowest BCUT2D eigenvalue weighted by atomic mass is 10.2. The monoisotopic (exact) mass is 356 g/mol. The molecule has 0 saturated heterocycles. The van der Waals surface area contributed by atoms with Crippen molar-refractivity contribution in [1.82, 2.24) is 14.9 Å². The standard InChI is InChI=1S/C19H28N6O/c1-14-21-17-13-15(23-18(26)7-5-11-24(2)3)8-9-16(17)19(22-14)25(4)12-6-10-20/h5,7-9,13H,6,10-12,20H2,1-4H3,(H,23,26)/b7-5+. The van der Waals surface area contributed by atoms with Gasteiger partial charge in [0.1, 0.15) is 11.6 Å². The van der Waals surface area contributed by atoms with Gasteiger partial charge in [0.15, 0.2) is 0 Å². The zero-order chi connectivity index (χ0) is 19.1. The van der Waals surface area contributed by atoms with Gasteiger partial charge in [-0.15, -0.1) is 0 Å². The Kier molecular flexibility index (Phi) is 7.06. The van der Waals surface area contributed by atoms with E-state index in [9.17, 15) is 4.79 Å². The van der Waals surface area contributed by atoms with Gasteiger partial charge in [0.25, 0.3) is 0 Å². The van der Waals surface area contributed by atoms with Crippen molar-refractivity contribution in [3.05, 3.63) is 36.2 Å².